The Morgan fingerprint density at radius 3 is 2.00 bits per heavy atom. The molecule has 5 rings (SSSR count). The minimum absolute atomic E-state index is 0.747. The van der Waals surface area contributed by atoms with Gasteiger partial charge in [0.25, 0.3) is 0 Å². The van der Waals surface area contributed by atoms with Crippen LogP contribution < -0.4 is 0 Å². The van der Waals surface area contributed by atoms with Gasteiger partial charge >= 0.3 is 0 Å². The van der Waals surface area contributed by atoms with Crippen molar-refractivity contribution < 1.29 is 0 Å². The van der Waals surface area contributed by atoms with Crippen LogP contribution in [0.25, 0.3) is 22.3 Å². The van der Waals surface area contributed by atoms with Crippen molar-refractivity contribution in [2.24, 2.45) is 0 Å². The summed E-state index contributed by atoms with van der Waals surface area (Å²) < 4.78 is 1.97. The lowest BCUT2D eigenvalue weighted by Crippen LogP contribution is -2.02. The monoisotopic (exact) mass is 478 g/mol. The molecular weight excluding hydrogens is 455 g/mol. The molecule has 0 saturated heterocycles. The summed E-state index contributed by atoms with van der Waals surface area (Å²) in [6.07, 6.45) is 8.51. The van der Waals surface area contributed by atoms with Gasteiger partial charge in [0.2, 0.25) is 0 Å². The van der Waals surface area contributed by atoms with Crippen LogP contribution in [-0.4, -0.2) is 30.2 Å². The Hall–Kier alpha value is -3.35. The van der Waals surface area contributed by atoms with Crippen molar-refractivity contribution in [2.45, 2.75) is 26.8 Å². The van der Waals surface area contributed by atoms with Gasteiger partial charge in [0, 0.05) is 45.8 Å². The van der Waals surface area contributed by atoms with Crippen molar-refractivity contribution in [3.8, 4) is 22.3 Å². The van der Waals surface area contributed by atoms with Gasteiger partial charge in [-0.3, -0.25) is 14.9 Å². The lowest BCUT2D eigenvalue weighted by Gasteiger charge is -2.02. The first-order valence-corrected chi connectivity index (χ1v) is 11.3. The summed E-state index contributed by atoms with van der Waals surface area (Å²) in [6, 6.07) is 15.5. The largest absolute Gasteiger partial charge is 0.285 e. The molecule has 0 spiro atoms. The van der Waals surface area contributed by atoms with Crippen LogP contribution >= 0.6 is 23.2 Å². The van der Waals surface area contributed by atoms with Gasteiger partial charge in [-0.2, -0.15) is 15.3 Å². The van der Waals surface area contributed by atoms with E-state index in [0.29, 0.717) is 0 Å². The number of aryl methyl sites for hydroxylation is 3. The number of hydrogen-bond acceptors (Lipinski definition) is 3. The second-order valence-electron chi connectivity index (χ2n) is 7.66. The minimum Gasteiger partial charge on any atom is -0.285 e. The summed E-state index contributed by atoms with van der Waals surface area (Å²) >= 11 is 11.7. The third-order valence-electron chi connectivity index (χ3n) is 5.36. The first kappa shape index (κ1) is 22.8. The zero-order chi connectivity index (χ0) is 23.2. The van der Waals surface area contributed by atoms with E-state index < -0.39 is 0 Å². The maximum Gasteiger partial charge on any atom is 0.0626 e. The Kier molecular flexibility index (Phi) is 7.27. The lowest BCUT2D eigenvalue weighted by atomic mass is 10.1. The van der Waals surface area contributed by atoms with Gasteiger partial charge in [-0.15, -0.1) is 0 Å². The molecule has 0 atom stereocenters. The van der Waals surface area contributed by atoms with E-state index in [9.17, 15) is 0 Å². The van der Waals surface area contributed by atoms with E-state index in [1.54, 1.807) is 6.20 Å². The molecule has 0 saturated carbocycles. The van der Waals surface area contributed by atoms with Crippen LogP contribution in [0.1, 0.15) is 17.0 Å². The molecule has 5 aromatic rings. The number of H-pyrrole nitrogens is 2. The lowest BCUT2D eigenvalue weighted by molar-refractivity contribution is 0.612. The van der Waals surface area contributed by atoms with Crippen molar-refractivity contribution in [1.29, 1.82) is 0 Å². The van der Waals surface area contributed by atoms with Gasteiger partial charge in [0.05, 0.1) is 18.1 Å². The molecule has 33 heavy (non-hydrogen) atoms. The summed E-state index contributed by atoms with van der Waals surface area (Å²) in [4.78, 5) is 0. The number of aromatic amines is 2. The first-order chi connectivity index (χ1) is 16.0. The zero-order valence-electron chi connectivity index (χ0n) is 18.4. The predicted molar refractivity (Wildman–Crippen MR) is 133 cm³/mol. The van der Waals surface area contributed by atoms with Crippen LogP contribution in [0, 0.1) is 13.8 Å². The Morgan fingerprint density at radius 1 is 0.818 bits per heavy atom. The smallest absolute Gasteiger partial charge is 0.0626 e. The minimum atomic E-state index is 0.747. The van der Waals surface area contributed by atoms with Gasteiger partial charge < -0.3 is 0 Å². The van der Waals surface area contributed by atoms with Crippen molar-refractivity contribution in [3.05, 3.63) is 100 Å². The van der Waals surface area contributed by atoms with Crippen LogP contribution in [0.15, 0.2) is 73.3 Å². The number of nitrogens with zero attached hydrogens (tertiary/aromatic N) is 4. The molecule has 0 aliphatic carbocycles. The van der Waals surface area contributed by atoms with E-state index >= 15 is 0 Å². The summed E-state index contributed by atoms with van der Waals surface area (Å²) in [7, 11) is 0. The fourth-order valence-corrected chi connectivity index (χ4v) is 3.75. The summed E-state index contributed by atoms with van der Waals surface area (Å²) in [6.45, 7) is 4.92. The molecule has 3 heterocycles. The van der Waals surface area contributed by atoms with Crippen molar-refractivity contribution in [1.82, 2.24) is 30.2 Å². The highest BCUT2D eigenvalue weighted by atomic mass is 35.5. The van der Waals surface area contributed by atoms with Gasteiger partial charge in [0.1, 0.15) is 0 Å². The van der Waals surface area contributed by atoms with Gasteiger partial charge in [-0.25, -0.2) is 0 Å². The molecular formula is C25H24Cl2N6. The molecule has 2 aromatic carbocycles. The molecule has 2 N–H and O–H groups in total. The first-order valence-electron chi connectivity index (χ1n) is 10.5. The summed E-state index contributed by atoms with van der Waals surface area (Å²) in [5.41, 5.74) is 7.90. The second kappa shape index (κ2) is 10.5. The van der Waals surface area contributed by atoms with E-state index in [4.69, 9.17) is 23.2 Å². The number of rotatable bonds is 5. The molecule has 0 aliphatic rings. The number of aromatic nitrogens is 6. The maximum absolute atomic E-state index is 5.91. The summed E-state index contributed by atoms with van der Waals surface area (Å²) in [5, 5.41) is 19.8. The Morgan fingerprint density at radius 2 is 1.45 bits per heavy atom. The van der Waals surface area contributed by atoms with E-state index in [-0.39, 0.29) is 0 Å². The fraction of sp³-hybridized carbons (Fsp3) is 0.160. The van der Waals surface area contributed by atoms with Crippen LogP contribution in [0.3, 0.4) is 0 Å². The number of halogens is 2. The van der Waals surface area contributed by atoms with Crippen LogP contribution in [0.2, 0.25) is 10.0 Å². The standard InChI is InChI=1S/C16H17ClN4.C9H7ClN2/c1-11-16(12(2)20-19-11)7-8-21-10-14(9-18-21)13-3-5-15(17)6-4-13;10-9-3-1-7(2-4-9)8-5-11-12-6-8/h3-6,9-10H,7-8H2,1-2H3,(H,19,20);1-6H,(H,11,12). The normalized spacial score (nSPS) is 10.7. The second-order valence-corrected chi connectivity index (χ2v) is 8.53. The van der Waals surface area contributed by atoms with E-state index in [0.717, 1.165) is 56.7 Å². The molecule has 0 radical (unpaired) electrons. The van der Waals surface area contributed by atoms with Gasteiger partial charge in [-0.05, 0) is 61.2 Å². The van der Waals surface area contributed by atoms with Gasteiger partial charge in [0.15, 0.2) is 0 Å². The SMILES string of the molecule is Cc1n[nH]c(C)c1CCn1cc(-c2ccc(Cl)cc2)cn1.Clc1ccc(-c2cn[nH]c2)cc1. The van der Waals surface area contributed by atoms with E-state index in [2.05, 4.69) is 38.6 Å². The Balaban J connectivity index is 0.000000183. The van der Waals surface area contributed by atoms with Crippen molar-refractivity contribution in [3.63, 3.8) is 0 Å². The van der Waals surface area contributed by atoms with Crippen molar-refractivity contribution >= 4 is 23.2 Å². The molecule has 0 unspecified atom stereocenters. The molecule has 0 fully saturated rings. The van der Waals surface area contributed by atoms with Crippen molar-refractivity contribution in [2.75, 3.05) is 0 Å². The van der Waals surface area contributed by atoms with Crippen LogP contribution in [0.5, 0.6) is 0 Å². The fourth-order valence-electron chi connectivity index (χ4n) is 3.50. The third kappa shape index (κ3) is 5.92. The van der Waals surface area contributed by atoms with E-state index in [1.165, 1.54) is 5.56 Å². The summed E-state index contributed by atoms with van der Waals surface area (Å²) in [5.74, 6) is 0. The highest BCUT2D eigenvalue weighted by Crippen LogP contribution is 2.21. The number of hydrogen-bond donors (Lipinski definition) is 2. The molecule has 168 valence electrons. The molecule has 6 nitrogen and oxygen atoms in total. The highest BCUT2D eigenvalue weighted by molar-refractivity contribution is 6.30. The molecule has 3 aromatic heterocycles. The molecule has 0 amide bonds. The highest BCUT2D eigenvalue weighted by Gasteiger charge is 2.07. The third-order valence-corrected chi connectivity index (χ3v) is 5.86. The molecule has 8 heteroatoms. The molecule has 0 bridgehead atoms. The number of nitrogens with one attached hydrogen (secondary N) is 2. The topological polar surface area (TPSA) is 75.2 Å². The average Bonchev–Trinajstić information content (AvgIpc) is 3.57. The van der Waals surface area contributed by atoms with Crippen LogP contribution in [-0.2, 0) is 13.0 Å². The Labute approximate surface area is 202 Å². The number of benzene rings is 2. The maximum atomic E-state index is 5.91. The average molecular weight is 479 g/mol. The van der Waals surface area contributed by atoms with Crippen LogP contribution in [0.4, 0.5) is 0 Å². The molecule has 0 aliphatic heterocycles. The van der Waals surface area contributed by atoms with E-state index in [1.807, 2.05) is 72.5 Å². The predicted octanol–water partition coefficient (Wildman–Crippen LogP) is 6.52. The van der Waals surface area contributed by atoms with Gasteiger partial charge in [-0.1, -0.05) is 47.5 Å². The zero-order valence-corrected chi connectivity index (χ0v) is 19.9. The quantitative estimate of drug-likeness (QED) is 0.302. The Bertz CT molecular complexity index is 1270.